The van der Waals surface area contributed by atoms with Gasteiger partial charge < -0.3 is 14.8 Å². The quantitative estimate of drug-likeness (QED) is 0.871. The molecule has 2 rings (SSSR count). The van der Waals surface area contributed by atoms with Gasteiger partial charge in [0.2, 0.25) is 0 Å². The topological polar surface area (TPSA) is 101 Å². The van der Waals surface area contributed by atoms with Crippen molar-refractivity contribution in [2.75, 3.05) is 0 Å². The number of carboxylic acid groups (broad SMARTS) is 1. The number of imidazole rings is 1. The largest absolute Gasteiger partial charge is 0.481 e. The summed E-state index contributed by atoms with van der Waals surface area (Å²) >= 11 is 0. The normalized spacial score (nSPS) is 10.1. The number of carbonyl (C=O) groups is 1. The minimum absolute atomic E-state index is 0.216. The van der Waals surface area contributed by atoms with Crippen LogP contribution in [0.2, 0.25) is 0 Å². The minimum atomic E-state index is -0.833. The molecule has 7 nitrogen and oxygen atoms in total. The van der Waals surface area contributed by atoms with E-state index in [1.54, 1.807) is 12.3 Å². The molecule has 20 heavy (non-hydrogen) atoms. The highest BCUT2D eigenvalue weighted by molar-refractivity contribution is 5.63. The maximum Gasteiger partial charge on any atom is 0.314 e. The van der Waals surface area contributed by atoms with Gasteiger partial charge in [0.1, 0.15) is 5.82 Å². The van der Waals surface area contributed by atoms with Gasteiger partial charge in [-0.3, -0.25) is 4.79 Å². The summed E-state index contributed by atoms with van der Waals surface area (Å²) in [5, 5.41) is 16.7. The summed E-state index contributed by atoms with van der Waals surface area (Å²) in [7, 11) is 0. The van der Waals surface area contributed by atoms with E-state index in [2.05, 4.69) is 33.4 Å². The Balaban J connectivity index is 0.000000444. The van der Waals surface area contributed by atoms with Crippen molar-refractivity contribution in [3.8, 4) is 17.4 Å². The van der Waals surface area contributed by atoms with Gasteiger partial charge in [-0.05, 0) is 26.8 Å². The van der Waals surface area contributed by atoms with Gasteiger partial charge in [-0.2, -0.15) is 4.98 Å². The Morgan fingerprint density at radius 1 is 1.35 bits per heavy atom. The predicted octanol–water partition coefficient (Wildman–Crippen LogP) is 2.03. The zero-order chi connectivity index (χ0) is 15.3. The van der Waals surface area contributed by atoms with E-state index in [1.807, 2.05) is 6.92 Å². The van der Waals surface area contributed by atoms with Crippen molar-refractivity contribution < 1.29 is 15.0 Å². The molecule has 0 amide bonds. The standard InChI is InChI=1S/C11H14N4O.C2H4O2/c1-7(2)15-8(3)13-6-10(15)9-4-5-12-11(16)14-9;1-2(3)4/h4-7H,1-3H3,(H,12,14,16);1H3,(H,3,4). The Morgan fingerprint density at radius 3 is 2.45 bits per heavy atom. The summed E-state index contributed by atoms with van der Waals surface area (Å²) in [6, 6.07) is 1.84. The predicted molar refractivity (Wildman–Crippen MR) is 73.3 cm³/mol. The van der Waals surface area contributed by atoms with Crippen LogP contribution >= 0.6 is 0 Å². The molecular formula is C13H18N4O3. The molecule has 0 aliphatic carbocycles. The Hall–Kier alpha value is -2.44. The smallest absolute Gasteiger partial charge is 0.314 e. The van der Waals surface area contributed by atoms with Crippen molar-refractivity contribution in [1.82, 2.24) is 19.5 Å². The lowest BCUT2D eigenvalue weighted by atomic mass is 10.3. The third kappa shape index (κ3) is 4.04. The fourth-order valence-corrected chi connectivity index (χ4v) is 1.79. The first-order valence-electron chi connectivity index (χ1n) is 6.08. The van der Waals surface area contributed by atoms with Crippen molar-refractivity contribution >= 4 is 5.97 Å². The first kappa shape index (κ1) is 15.6. The number of aromatic nitrogens is 4. The Morgan fingerprint density at radius 2 is 1.95 bits per heavy atom. The lowest BCUT2D eigenvalue weighted by Gasteiger charge is -2.13. The lowest BCUT2D eigenvalue weighted by Crippen LogP contribution is -2.05. The fraction of sp³-hybridized carbons (Fsp3) is 0.385. The molecule has 0 unspecified atom stereocenters. The molecule has 108 valence electrons. The second kappa shape index (κ2) is 6.65. The Labute approximate surface area is 117 Å². The van der Waals surface area contributed by atoms with Crippen molar-refractivity contribution in [3.63, 3.8) is 0 Å². The first-order valence-corrected chi connectivity index (χ1v) is 6.08. The molecule has 0 aliphatic rings. The van der Waals surface area contributed by atoms with Gasteiger partial charge in [-0.1, -0.05) is 0 Å². The van der Waals surface area contributed by atoms with E-state index in [4.69, 9.17) is 9.90 Å². The third-order valence-electron chi connectivity index (χ3n) is 2.40. The second-order valence-electron chi connectivity index (χ2n) is 4.42. The third-order valence-corrected chi connectivity index (χ3v) is 2.40. The van der Waals surface area contributed by atoms with Crippen LogP contribution in [0.5, 0.6) is 6.01 Å². The number of aliphatic carboxylic acids is 1. The zero-order valence-corrected chi connectivity index (χ0v) is 11.9. The van der Waals surface area contributed by atoms with Crippen LogP contribution < -0.4 is 0 Å². The van der Waals surface area contributed by atoms with Gasteiger partial charge in [-0.25, -0.2) is 9.97 Å². The van der Waals surface area contributed by atoms with Crippen LogP contribution in [0.15, 0.2) is 18.5 Å². The average Bonchev–Trinajstić information content (AvgIpc) is 2.70. The first-order chi connectivity index (χ1) is 9.32. The van der Waals surface area contributed by atoms with Crippen LogP contribution in [0.25, 0.3) is 11.4 Å². The summed E-state index contributed by atoms with van der Waals surface area (Å²) < 4.78 is 2.07. The molecule has 7 heteroatoms. The maximum atomic E-state index is 9.26. The maximum absolute atomic E-state index is 9.26. The second-order valence-corrected chi connectivity index (χ2v) is 4.42. The highest BCUT2D eigenvalue weighted by Crippen LogP contribution is 2.23. The molecule has 0 aromatic carbocycles. The number of nitrogens with zero attached hydrogens (tertiary/aromatic N) is 4. The Kier molecular flexibility index (Phi) is 5.19. The number of carboxylic acids is 1. The fourth-order valence-electron chi connectivity index (χ4n) is 1.79. The number of hydrogen-bond acceptors (Lipinski definition) is 5. The van der Waals surface area contributed by atoms with Crippen LogP contribution in [0.1, 0.15) is 32.6 Å². The van der Waals surface area contributed by atoms with Gasteiger partial charge in [0, 0.05) is 19.2 Å². The molecule has 2 aromatic rings. The average molecular weight is 278 g/mol. The molecule has 0 atom stereocenters. The monoisotopic (exact) mass is 278 g/mol. The van der Waals surface area contributed by atoms with E-state index < -0.39 is 5.97 Å². The number of aromatic hydroxyl groups is 1. The molecule has 0 radical (unpaired) electrons. The molecule has 0 bridgehead atoms. The molecule has 0 saturated carbocycles. The molecule has 0 fully saturated rings. The van der Waals surface area contributed by atoms with E-state index >= 15 is 0 Å². The van der Waals surface area contributed by atoms with E-state index in [-0.39, 0.29) is 6.01 Å². The number of hydrogen-bond donors (Lipinski definition) is 2. The van der Waals surface area contributed by atoms with E-state index in [1.165, 1.54) is 6.20 Å². The molecule has 2 aromatic heterocycles. The van der Waals surface area contributed by atoms with Crippen LogP contribution in [-0.4, -0.2) is 35.7 Å². The van der Waals surface area contributed by atoms with Gasteiger partial charge in [0.25, 0.3) is 5.97 Å². The number of aryl methyl sites for hydroxylation is 1. The lowest BCUT2D eigenvalue weighted by molar-refractivity contribution is -0.134. The molecule has 0 saturated heterocycles. The van der Waals surface area contributed by atoms with Gasteiger partial charge in [-0.15, -0.1) is 0 Å². The van der Waals surface area contributed by atoms with Crippen molar-refractivity contribution in [3.05, 3.63) is 24.3 Å². The van der Waals surface area contributed by atoms with E-state index in [9.17, 15) is 5.11 Å². The molecule has 2 N–H and O–H groups in total. The SMILES string of the molecule is CC(=O)O.Cc1ncc(-c2ccnc(O)n2)n1C(C)C. The van der Waals surface area contributed by atoms with Crippen LogP contribution in [0, 0.1) is 6.92 Å². The summed E-state index contributed by atoms with van der Waals surface area (Å²) in [6.45, 7) is 7.20. The highest BCUT2D eigenvalue weighted by Gasteiger charge is 2.12. The summed E-state index contributed by atoms with van der Waals surface area (Å²) in [5.41, 5.74) is 1.58. The molecule has 2 heterocycles. The number of rotatable bonds is 2. The molecular weight excluding hydrogens is 260 g/mol. The van der Waals surface area contributed by atoms with Gasteiger partial charge in [0.05, 0.1) is 17.6 Å². The van der Waals surface area contributed by atoms with Crippen molar-refractivity contribution in [1.29, 1.82) is 0 Å². The van der Waals surface area contributed by atoms with Crippen LogP contribution in [-0.2, 0) is 4.79 Å². The summed E-state index contributed by atoms with van der Waals surface area (Å²) in [4.78, 5) is 20.9. The van der Waals surface area contributed by atoms with Gasteiger partial charge in [0.15, 0.2) is 0 Å². The summed E-state index contributed by atoms with van der Waals surface area (Å²) in [5.74, 6) is 0.100. The summed E-state index contributed by atoms with van der Waals surface area (Å²) in [6.07, 6.45) is 3.29. The van der Waals surface area contributed by atoms with Gasteiger partial charge >= 0.3 is 6.01 Å². The minimum Gasteiger partial charge on any atom is -0.481 e. The van der Waals surface area contributed by atoms with E-state index in [0.29, 0.717) is 11.7 Å². The van der Waals surface area contributed by atoms with E-state index in [0.717, 1.165) is 18.4 Å². The van der Waals surface area contributed by atoms with Crippen LogP contribution in [0.4, 0.5) is 0 Å². The van der Waals surface area contributed by atoms with Crippen molar-refractivity contribution in [2.24, 2.45) is 0 Å². The molecule has 0 spiro atoms. The van der Waals surface area contributed by atoms with Crippen LogP contribution in [0.3, 0.4) is 0 Å². The highest BCUT2D eigenvalue weighted by atomic mass is 16.4. The van der Waals surface area contributed by atoms with Crippen molar-refractivity contribution in [2.45, 2.75) is 33.7 Å². The Bertz CT molecular complexity index is 589. The molecule has 0 aliphatic heterocycles. The zero-order valence-electron chi connectivity index (χ0n) is 11.9.